The summed E-state index contributed by atoms with van der Waals surface area (Å²) < 4.78 is 0. The normalized spacial score (nSPS) is 27.8. The van der Waals surface area contributed by atoms with E-state index < -0.39 is 0 Å². The van der Waals surface area contributed by atoms with Crippen molar-refractivity contribution in [1.29, 1.82) is 0 Å². The van der Waals surface area contributed by atoms with Crippen molar-refractivity contribution in [3.05, 3.63) is 29.6 Å². The SMILES string of the molecule is CCCCc1ccc(CCC2CCC(CCC3CCC(CCC)CC3)CC2)nc1. The number of aromatic nitrogens is 1. The van der Waals surface area contributed by atoms with Gasteiger partial charge in [0.05, 0.1) is 0 Å². The summed E-state index contributed by atoms with van der Waals surface area (Å²) in [6, 6.07) is 4.59. The van der Waals surface area contributed by atoms with Crippen molar-refractivity contribution in [2.75, 3.05) is 0 Å². The molecule has 0 bridgehead atoms. The van der Waals surface area contributed by atoms with E-state index in [1.807, 2.05) is 0 Å². The van der Waals surface area contributed by atoms with Gasteiger partial charge < -0.3 is 0 Å². The Balaban J connectivity index is 1.27. The van der Waals surface area contributed by atoms with E-state index in [1.54, 1.807) is 0 Å². The van der Waals surface area contributed by atoms with Gasteiger partial charge in [-0.25, -0.2) is 0 Å². The zero-order valence-electron chi connectivity index (χ0n) is 19.5. The number of rotatable bonds is 11. The third kappa shape index (κ3) is 8.06. The van der Waals surface area contributed by atoms with Gasteiger partial charge in [0.2, 0.25) is 0 Å². The van der Waals surface area contributed by atoms with Gasteiger partial charge in [-0.2, -0.15) is 0 Å². The van der Waals surface area contributed by atoms with E-state index in [0.717, 1.165) is 23.7 Å². The molecule has 3 rings (SSSR count). The fourth-order valence-electron chi connectivity index (χ4n) is 5.98. The molecule has 0 amide bonds. The standard InChI is InChI=1S/C28H47N/c1-3-5-7-27-19-21-28(29-22-27)20-18-26-16-14-25(15-17-26)13-12-24-10-8-23(6-4-2)9-11-24/h19,21-26H,3-18,20H2,1-2H3. The van der Waals surface area contributed by atoms with E-state index in [9.17, 15) is 0 Å². The van der Waals surface area contributed by atoms with E-state index in [4.69, 9.17) is 4.98 Å². The Labute approximate surface area is 181 Å². The molecule has 1 aromatic heterocycles. The van der Waals surface area contributed by atoms with Crippen molar-refractivity contribution in [3.8, 4) is 0 Å². The molecule has 1 heteroatoms. The fourth-order valence-corrected chi connectivity index (χ4v) is 5.98. The minimum absolute atomic E-state index is 0.956. The van der Waals surface area contributed by atoms with Gasteiger partial charge in [-0.3, -0.25) is 4.98 Å². The van der Waals surface area contributed by atoms with E-state index in [0.29, 0.717) is 0 Å². The summed E-state index contributed by atoms with van der Waals surface area (Å²) in [5.74, 6) is 4.12. The molecule has 0 unspecified atom stereocenters. The van der Waals surface area contributed by atoms with E-state index >= 15 is 0 Å². The summed E-state index contributed by atoms with van der Waals surface area (Å²) >= 11 is 0. The molecule has 1 aromatic rings. The molecule has 0 radical (unpaired) electrons. The first-order valence-corrected chi connectivity index (χ1v) is 13.2. The second-order valence-corrected chi connectivity index (χ2v) is 10.4. The summed E-state index contributed by atoms with van der Waals surface area (Å²) in [6.07, 6.45) is 26.4. The van der Waals surface area contributed by atoms with Gasteiger partial charge in [-0.05, 0) is 61.0 Å². The zero-order valence-corrected chi connectivity index (χ0v) is 19.5. The summed E-state index contributed by atoms with van der Waals surface area (Å²) in [4.78, 5) is 4.73. The second-order valence-electron chi connectivity index (χ2n) is 10.4. The lowest BCUT2D eigenvalue weighted by molar-refractivity contribution is 0.209. The van der Waals surface area contributed by atoms with E-state index in [1.165, 1.54) is 120 Å². The molecule has 0 aliphatic heterocycles. The van der Waals surface area contributed by atoms with Crippen molar-refractivity contribution < 1.29 is 0 Å². The molecule has 2 aliphatic rings. The first kappa shape index (κ1) is 22.8. The number of unbranched alkanes of at least 4 members (excludes halogenated alkanes) is 1. The minimum Gasteiger partial charge on any atom is -0.261 e. The van der Waals surface area contributed by atoms with Crippen LogP contribution in [0.5, 0.6) is 0 Å². The van der Waals surface area contributed by atoms with Crippen molar-refractivity contribution >= 4 is 0 Å². The highest BCUT2D eigenvalue weighted by Crippen LogP contribution is 2.38. The average molecular weight is 398 g/mol. The Morgan fingerprint density at radius 3 is 1.69 bits per heavy atom. The summed E-state index contributed by atoms with van der Waals surface area (Å²) in [7, 11) is 0. The number of nitrogens with zero attached hydrogens (tertiary/aromatic N) is 1. The van der Waals surface area contributed by atoms with Gasteiger partial charge in [-0.1, -0.05) is 103 Å². The van der Waals surface area contributed by atoms with Crippen LogP contribution in [0.15, 0.2) is 18.3 Å². The topological polar surface area (TPSA) is 12.9 Å². The maximum absolute atomic E-state index is 4.73. The minimum atomic E-state index is 0.956. The molecule has 2 saturated carbocycles. The van der Waals surface area contributed by atoms with Crippen LogP contribution in [0.4, 0.5) is 0 Å². The first-order valence-electron chi connectivity index (χ1n) is 13.2. The van der Waals surface area contributed by atoms with Crippen LogP contribution in [0.3, 0.4) is 0 Å². The van der Waals surface area contributed by atoms with Gasteiger partial charge in [0.1, 0.15) is 0 Å². The summed E-state index contributed by atoms with van der Waals surface area (Å²) in [5, 5.41) is 0. The Hall–Kier alpha value is -0.850. The number of hydrogen-bond donors (Lipinski definition) is 0. The van der Waals surface area contributed by atoms with Crippen molar-refractivity contribution in [2.45, 2.75) is 123 Å². The zero-order chi connectivity index (χ0) is 20.3. The van der Waals surface area contributed by atoms with Gasteiger partial charge in [0, 0.05) is 11.9 Å². The van der Waals surface area contributed by atoms with Gasteiger partial charge in [-0.15, -0.1) is 0 Å². The molecule has 0 aromatic carbocycles. The highest BCUT2D eigenvalue weighted by molar-refractivity contribution is 5.14. The lowest BCUT2D eigenvalue weighted by Crippen LogP contribution is -2.18. The smallest absolute Gasteiger partial charge is 0.0403 e. The molecule has 0 atom stereocenters. The predicted molar refractivity (Wildman–Crippen MR) is 126 cm³/mol. The average Bonchev–Trinajstić information content (AvgIpc) is 2.77. The maximum Gasteiger partial charge on any atom is 0.0403 e. The van der Waals surface area contributed by atoms with Crippen LogP contribution in [0.2, 0.25) is 0 Å². The van der Waals surface area contributed by atoms with Crippen molar-refractivity contribution in [2.24, 2.45) is 23.7 Å². The Kier molecular flexibility index (Phi) is 10.0. The van der Waals surface area contributed by atoms with E-state index in [-0.39, 0.29) is 0 Å². The summed E-state index contributed by atoms with van der Waals surface area (Å²) in [5.41, 5.74) is 2.72. The maximum atomic E-state index is 4.73. The molecular weight excluding hydrogens is 350 g/mol. The molecule has 0 spiro atoms. The Morgan fingerprint density at radius 1 is 0.655 bits per heavy atom. The van der Waals surface area contributed by atoms with Gasteiger partial charge in [0.15, 0.2) is 0 Å². The van der Waals surface area contributed by atoms with Crippen LogP contribution in [-0.2, 0) is 12.8 Å². The number of pyridine rings is 1. The molecule has 29 heavy (non-hydrogen) atoms. The summed E-state index contributed by atoms with van der Waals surface area (Å²) in [6.45, 7) is 4.61. The predicted octanol–water partition coefficient (Wildman–Crippen LogP) is 8.55. The fraction of sp³-hybridized carbons (Fsp3) is 0.821. The molecule has 1 heterocycles. The van der Waals surface area contributed by atoms with Crippen molar-refractivity contribution in [3.63, 3.8) is 0 Å². The van der Waals surface area contributed by atoms with E-state index in [2.05, 4.69) is 32.2 Å². The van der Waals surface area contributed by atoms with Crippen molar-refractivity contribution in [1.82, 2.24) is 4.98 Å². The van der Waals surface area contributed by atoms with Gasteiger partial charge in [0.25, 0.3) is 0 Å². The monoisotopic (exact) mass is 397 g/mol. The highest BCUT2D eigenvalue weighted by atomic mass is 14.7. The number of aryl methyl sites for hydroxylation is 2. The third-order valence-electron chi connectivity index (χ3n) is 8.13. The molecule has 2 fully saturated rings. The molecule has 1 nitrogen and oxygen atoms in total. The number of hydrogen-bond acceptors (Lipinski definition) is 1. The second kappa shape index (κ2) is 12.8. The lowest BCUT2D eigenvalue weighted by atomic mass is 9.74. The molecule has 0 N–H and O–H groups in total. The first-order chi connectivity index (χ1) is 14.3. The molecule has 164 valence electrons. The molecule has 0 saturated heterocycles. The van der Waals surface area contributed by atoms with Gasteiger partial charge >= 0.3 is 0 Å². The third-order valence-corrected chi connectivity index (χ3v) is 8.13. The van der Waals surface area contributed by atoms with Crippen LogP contribution in [0.1, 0.15) is 121 Å². The quantitative estimate of drug-likeness (QED) is 0.364. The molecular formula is C28H47N. The van der Waals surface area contributed by atoms with Crippen LogP contribution < -0.4 is 0 Å². The Morgan fingerprint density at radius 2 is 1.21 bits per heavy atom. The Bertz CT molecular complexity index is 532. The largest absolute Gasteiger partial charge is 0.261 e. The van der Waals surface area contributed by atoms with Crippen LogP contribution in [0, 0.1) is 23.7 Å². The lowest BCUT2D eigenvalue weighted by Gasteiger charge is -2.32. The van der Waals surface area contributed by atoms with Crippen LogP contribution >= 0.6 is 0 Å². The van der Waals surface area contributed by atoms with Crippen LogP contribution in [-0.4, -0.2) is 4.98 Å². The highest BCUT2D eigenvalue weighted by Gasteiger charge is 2.24. The molecule has 2 aliphatic carbocycles. The van der Waals surface area contributed by atoms with Crippen LogP contribution in [0.25, 0.3) is 0 Å².